The molecular formula is C22H27NO4S. The van der Waals surface area contributed by atoms with Crippen molar-refractivity contribution in [1.82, 2.24) is 0 Å². The van der Waals surface area contributed by atoms with Gasteiger partial charge in [-0.25, -0.2) is 13.2 Å². The number of methoxy groups -OCH3 is 1. The van der Waals surface area contributed by atoms with Gasteiger partial charge in [0, 0.05) is 11.8 Å². The normalized spacial score (nSPS) is 11.9. The number of ether oxygens (including phenoxy) is 1. The van der Waals surface area contributed by atoms with Gasteiger partial charge in [-0.15, -0.1) is 0 Å². The first kappa shape index (κ1) is 21.7. The number of aryl methyl sites for hydroxylation is 1. The number of carbonyl (C=O) groups is 1. The number of allylic oxidation sites excluding steroid dienone is 1. The van der Waals surface area contributed by atoms with E-state index in [0.29, 0.717) is 5.69 Å². The standard InChI is InChI=1S/C22H27NO4S/c1-4-5-6-7-19(16-22(24)27-3)18-10-12-20(13-11-18)23-28(25,26)21-14-8-17(2)9-15-21/h8-16,23H,4-7H2,1-3H3/b19-16+. The van der Waals surface area contributed by atoms with Gasteiger partial charge in [0.15, 0.2) is 0 Å². The van der Waals surface area contributed by atoms with E-state index in [0.717, 1.165) is 42.4 Å². The summed E-state index contributed by atoms with van der Waals surface area (Å²) in [5.41, 5.74) is 3.22. The number of hydrogen-bond donors (Lipinski definition) is 1. The van der Waals surface area contributed by atoms with Crippen molar-refractivity contribution in [3.05, 3.63) is 65.7 Å². The third kappa shape index (κ3) is 6.23. The zero-order chi connectivity index (χ0) is 20.6. The lowest BCUT2D eigenvalue weighted by Gasteiger charge is -2.11. The predicted octanol–water partition coefficient (Wildman–Crippen LogP) is 4.93. The number of rotatable bonds is 9. The number of esters is 1. The summed E-state index contributed by atoms with van der Waals surface area (Å²) in [5.74, 6) is -0.393. The topological polar surface area (TPSA) is 72.5 Å². The van der Waals surface area contributed by atoms with E-state index in [9.17, 15) is 13.2 Å². The van der Waals surface area contributed by atoms with Crippen molar-refractivity contribution in [2.45, 2.75) is 44.4 Å². The van der Waals surface area contributed by atoms with Gasteiger partial charge < -0.3 is 4.74 Å². The molecule has 0 atom stereocenters. The van der Waals surface area contributed by atoms with Crippen LogP contribution in [0.5, 0.6) is 0 Å². The van der Waals surface area contributed by atoms with Crippen LogP contribution in [0.25, 0.3) is 5.57 Å². The van der Waals surface area contributed by atoms with Gasteiger partial charge in [-0.1, -0.05) is 49.6 Å². The second-order valence-corrected chi connectivity index (χ2v) is 8.33. The fraction of sp³-hybridized carbons (Fsp3) is 0.318. The quantitative estimate of drug-likeness (QED) is 0.367. The SMILES string of the molecule is CCCCC/C(=C\C(=O)OC)c1ccc(NS(=O)(=O)c2ccc(C)cc2)cc1. The van der Waals surface area contributed by atoms with Crippen molar-refractivity contribution in [2.24, 2.45) is 0 Å². The number of carbonyl (C=O) groups excluding carboxylic acids is 1. The van der Waals surface area contributed by atoms with E-state index < -0.39 is 16.0 Å². The van der Waals surface area contributed by atoms with E-state index in [-0.39, 0.29) is 4.90 Å². The van der Waals surface area contributed by atoms with E-state index in [2.05, 4.69) is 11.6 Å². The Balaban J connectivity index is 2.19. The van der Waals surface area contributed by atoms with Crippen LogP contribution in [0, 0.1) is 6.92 Å². The minimum atomic E-state index is -3.64. The summed E-state index contributed by atoms with van der Waals surface area (Å²) in [6.45, 7) is 4.03. The minimum absolute atomic E-state index is 0.216. The average molecular weight is 402 g/mol. The molecule has 1 N–H and O–H groups in total. The van der Waals surface area contributed by atoms with Gasteiger partial charge in [0.2, 0.25) is 0 Å². The van der Waals surface area contributed by atoms with Crippen LogP contribution in [0.3, 0.4) is 0 Å². The molecule has 0 amide bonds. The zero-order valence-corrected chi connectivity index (χ0v) is 17.4. The van der Waals surface area contributed by atoms with Gasteiger partial charge in [0.1, 0.15) is 0 Å². The maximum absolute atomic E-state index is 12.5. The first-order valence-corrected chi connectivity index (χ1v) is 10.8. The first-order valence-electron chi connectivity index (χ1n) is 9.34. The second-order valence-electron chi connectivity index (χ2n) is 6.65. The molecule has 0 radical (unpaired) electrons. The highest BCUT2D eigenvalue weighted by atomic mass is 32.2. The third-order valence-electron chi connectivity index (χ3n) is 4.38. The van der Waals surface area contributed by atoms with Crippen molar-refractivity contribution in [1.29, 1.82) is 0 Å². The van der Waals surface area contributed by atoms with E-state index in [4.69, 9.17) is 4.74 Å². The van der Waals surface area contributed by atoms with Crippen LogP contribution in [-0.4, -0.2) is 21.5 Å². The van der Waals surface area contributed by atoms with Crippen molar-refractivity contribution < 1.29 is 17.9 Å². The highest BCUT2D eigenvalue weighted by molar-refractivity contribution is 7.92. The molecule has 0 saturated carbocycles. The minimum Gasteiger partial charge on any atom is -0.466 e. The zero-order valence-electron chi connectivity index (χ0n) is 16.6. The van der Waals surface area contributed by atoms with Crippen molar-refractivity contribution in [3.63, 3.8) is 0 Å². The van der Waals surface area contributed by atoms with Crippen LogP contribution in [-0.2, 0) is 19.6 Å². The molecule has 0 aliphatic carbocycles. The van der Waals surface area contributed by atoms with E-state index in [1.54, 1.807) is 36.4 Å². The van der Waals surface area contributed by atoms with E-state index in [1.807, 2.05) is 19.1 Å². The number of unbranched alkanes of at least 4 members (excludes halogenated alkanes) is 2. The van der Waals surface area contributed by atoms with Crippen LogP contribution >= 0.6 is 0 Å². The monoisotopic (exact) mass is 401 g/mol. The van der Waals surface area contributed by atoms with Gasteiger partial charge >= 0.3 is 5.97 Å². The van der Waals surface area contributed by atoms with Gasteiger partial charge in [-0.2, -0.15) is 0 Å². The Kier molecular flexibility index (Phi) is 7.81. The summed E-state index contributed by atoms with van der Waals surface area (Å²) in [6.07, 6.45) is 5.40. The highest BCUT2D eigenvalue weighted by Gasteiger charge is 2.14. The lowest BCUT2D eigenvalue weighted by Crippen LogP contribution is -2.12. The fourth-order valence-electron chi connectivity index (χ4n) is 2.75. The predicted molar refractivity (Wildman–Crippen MR) is 113 cm³/mol. The molecule has 2 aromatic carbocycles. The van der Waals surface area contributed by atoms with E-state index in [1.165, 1.54) is 13.2 Å². The molecule has 0 heterocycles. The Bertz CT molecular complexity index is 914. The molecule has 150 valence electrons. The summed E-state index contributed by atoms with van der Waals surface area (Å²) in [6, 6.07) is 13.7. The summed E-state index contributed by atoms with van der Waals surface area (Å²) >= 11 is 0. The average Bonchev–Trinajstić information content (AvgIpc) is 2.68. The molecule has 2 rings (SSSR count). The van der Waals surface area contributed by atoms with Crippen molar-refractivity contribution in [2.75, 3.05) is 11.8 Å². The number of benzene rings is 2. The van der Waals surface area contributed by atoms with Crippen molar-refractivity contribution in [3.8, 4) is 0 Å². The fourth-order valence-corrected chi connectivity index (χ4v) is 3.81. The Morgan fingerprint density at radius 1 is 1.04 bits per heavy atom. The molecule has 0 saturated heterocycles. The maximum Gasteiger partial charge on any atom is 0.330 e. The van der Waals surface area contributed by atoms with Gasteiger partial charge in [-0.05, 0) is 55.2 Å². The molecule has 0 unspecified atom stereocenters. The Hall–Kier alpha value is -2.60. The molecule has 0 aliphatic heterocycles. The molecule has 0 spiro atoms. The molecule has 2 aromatic rings. The molecule has 28 heavy (non-hydrogen) atoms. The van der Waals surface area contributed by atoms with Gasteiger partial charge in [0.25, 0.3) is 10.0 Å². The smallest absolute Gasteiger partial charge is 0.330 e. The van der Waals surface area contributed by atoms with Crippen LogP contribution in [0.4, 0.5) is 5.69 Å². The van der Waals surface area contributed by atoms with Gasteiger partial charge in [0.05, 0.1) is 12.0 Å². The van der Waals surface area contributed by atoms with Crippen LogP contribution < -0.4 is 4.72 Å². The lowest BCUT2D eigenvalue weighted by atomic mass is 9.99. The molecule has 5 nitrogen and oxygen atoms in total. The third-order valence-corrected chi connectivity index (χ3v) is 5.78. The Morgan fingerprint density at radius 3 is 2.25 bits per heavy atom. The Labute approximate surface area is 167 Å². The number of anilines is 1. The number of sulfonamides is 1. The lowest BCUT2D eigenvalue weighted by molar-refractivity contribution is -0.134. The number of hydrogen-bond acceptors (Lipinski definition) is 4. The highest BCUT2D eigenvalue weighted by Crippen LogP contribution is 2.24. The van der Waals surface area contributed by atoms with Crippen LogP contribution in [0.1, 0.15) is 43.7 Å². The number of nitrogens with one attached hydrogen (secondary N) is 1. The van der Waals surface area contributed by atoms with Crippen molar-refractivity contribution >= 4 is 27.3 Å². The largest absolute Gasteiger partial charge is 0.466 e. The molecule has 0 aliphatic rings. The first-order chi connectivity index (χ1) is 13.4. The molecular weight excluding hydrogens is 374 g/mol. The summed E-state index contributed by atoms with van der Waals surface area (Å²) < 4.78 is 32.3. The van der Waals surface area contributed by atoms with Gasteiger partial charge in [-0.3, -0.25) is 4.72 Å². The summed E-state index contributed by atoms with van der Waals surface area (Å²) in [7, 11) is -2.29. The summed E-state index contributed by atoms with van der Waals surface area (Å²) in [4.78, 5) is 11.9. The van der Waals surface area contributed by atoms with Crippen LogP contribution in [0.2, 0.25) is 0 Å². The second kappa shape index (κ2) is 10.1. The molecule has 0 aromatic heterocycles. The molecule has 6 heteroatoms. The van der Waals surface area contributed by atoms with Crippen LogP contribution in [0.15, 0.2) is 59.5 Å². The molecule has 0 bridgehead atoms. The Morgan fingerprint density at radius 2 is 1.68 bits per heavy atom. The molecule has 0 fully saturated rings. The summed E-state index contributed by atoms with van der Waals surface area (Å²) in [5, 5.41) is 0. The van der Waals surface area contributed by atoms with E-state index >= 15 is 0 Å². The maximum atomic E-state index is 12.5.